The fourth-order valence-electron chi connectivity index (χ4n) is 4.47. The van der Waals surface area contributed by atoms with Crippen molar-refractivity contribution in [2.45, 2.75) is 72.8 Å². The van der Waals surface area contributed by atoms with Gasteiger partial charge in [0.15, 0.2) is 5.78 Å². The number of hydrogen-bond acceptors (Lipinski definition) is 8. The number of ether oxygens (including phenoxy) is 4. The van der Waals surface area contributed by atoms with Crippen molar-refractivity contribution in [3.8, 4) is 5.75 Å². The largest absolute Gasteiger partial charge is 0.465 e. The lowest BCUT2D eigenvalue weighted by atomic mass is 9.73. The van der Waals surface area contributed by atoms with Crippen LogP contribution in [0.1, 0.15) is 82.6 Å². The first-order valence-electron chi connectivity index (χ1n) is 14.4. The molecule has 1 aliphatic heterocycles. The maximum atomic E-state index is 13.3. The van der Waals surface area contributed by atoms with Crippen LogP contribution in [0.15, 0.2) is 54.6 Å². The summed E-state index contributed by atoms with van der Waals surface area (Å²) < 4.78 is 21.8. The molecule has 0 aromatic heterocycles. The van der Waals surface area contributed by atoms with E-state index in [0.29, 0.717) is 29.9 Å². The molecule has 1 aliphatic rings. The first kappa shape index (κ1) is 32.0. The monoisotopic (exact) mass is 566 g/mol. The summed E-state index contributed by atoms with van der Waals surface area (Å²) in [6, 6.07) is 15.3. The molecule has 3 rings (SSSR count). The van der Waals surface area contributed by atoms with E-state index < -0.39 is 34.7 Å². The first-order valence-corrected chi connectivity index (χ1v) is 14.4. The zero-order chi connectivity index (χ0) is 30.0. The minimum absolute atomic E-state index is 0.0610. The molecule has 0 bridgehead atoms. The van der Waals surface area contributed by atoms with Crippen molar-refractivity contribution in [1.29, 1.82) is 0 Å². The molecule has 0 amide bonds. The highest BCUT2D eigenvalue weighted by atomic mass is 16.6. The summed E-state index contributed by atoms with van der Waals surface area (Å²) in [7, 11) is 0. The minimum Gasteiger partial charge on any atom is -0.465 e. The Kier molecular flexibility index (Phi) is 11.2. The highest BCUT2D eigenvalue weighted by Crippen LogP contribution is 2.38. The van der Waals surface area contributed by atoms with Crippen LogP contribution in [0.5, 0.6) is 5.75 Å². The van der Waals surface area contributed by atoms with Crippen LogP contribution in [-0.2, 0) is 28.6 Å². The predicted molar refractivity (Wildman–Crippen MR) is 153 cm³/mol. The zero-order valence-electron chi connectivity index (χ0n) is 24.8. The summed E-state index contributed by atoms with van der Waals surface area (Å²) >= 11 is 0. The van der Waals surface area contributed by atoms with Gasteiger partial charge < -0.3 is 18.9 Å². The van der Waals surface area contributed by atoms with Crippen LogP contribution in [0.3, 0.4) is 0 Å². The molecule has 0 spiro atoms. The number of carbonyl (C=O) groups excluding carboxylic acids is 4. The third-order valence-electron chi connectivity index (χ3n) is 7.52. The SMILES string of the molecule is CCCCOC(=O)C(CC(C)(C)C(=O)Oc1ccc(C(=O)c2ccccc2)cc1)CC(C)(CC)C(=O)OCC1CO1. The van der Waals surface area contributed by atoms with E-state index in [1.807, 2.05) is 19.9 Å². The van der Waals surface area contributed by atoms with Crippen LogP contribution in [0.4, 0.5) is 0 Å². The topological polar surface area (TPSA) is 109 Å². The number of unbranched alkanes of at least 4 members (excludes halogenated alkanes) is 1. The number of esters is 3. The summed E-state index contributed by atoms with van der Waals surface area (Å²) in [6.45, 7) is 10.1. The van der Waals surface area contributed by atoms with E-state index in [9.17, 15) is 19.2 Å². The van der Waals surface area contributed by atoms with Gasteiger partial charge >= 0.3 is 17.9 Å². The van der Waals surface area contributed by atoms with E-state index >= 15 is 0 Å². The average molecular weight is 567 g/mol. The maximum absolute atomic E-state index is 13.3. The molecule has 0 aliphatic carbocycles. The number of carbonyl (C=O) groups is 4. The van der Waals surface area contributed by atoms with Gasteiger partial charge in [-0.15, -0.1) is 0 Å². The van der Waals surface area contributed by atoms with Crippen LogP contribution in [0.25, 0.3) is 0 Å². The molecule has 0 radical (unpaired) electrons. The number of hydrogen-bond donors (Lipinski definition) is 0. The van der Waals surface area contributed by atoms with E-state index in [2.05, 4.69) is 0 Å². The van der Waals surface area contributed by atoms with Crippen molar-refractivity contribution in [3.05, 3.63) is 65.7 Å². The number of rotatable bonds is 16. The summed E-state index contributed by atoms with van der Waals surface area (Å²) in [5.74, 6) is -1.93. The second-order valence-corrected chi connectivity index (χ2v) is 11.6. The van der Waals surface area contributed by atoms with E-state index in [-0.39, 0.29) is 37.9 Å². The third kappa shape index (κ3) is 9.25. The Labute approximate surface area is 242 Å². The van der Waals surface area contributed by atoms with Gasteiger partial charge in [-0.1, -0.05) is 50.6 Å². The van der Waals surface area contributed by atoms with Crippen LogP contribution in [0, 0.1) is 16.7 Å². The predicted octanol–water partition coefficient (Wildman–Crippen LogP) is 5.95. The number of epoxide rings is 1. The van der Waals surface area contributed by atoms with Gasteiger partial charge in [-0.3, -0.25) is 19.2 Å². The molecule has 41 heavy (non-hydrogen) atoms. The van der Waals surface area contributed by atoms with Gasteiger partial charge in [-0.25, -0.2) is 0 Å². The van der Waals surface area contributed by atoms with Crippen molar-refractivity contribution >= 4 is 23.7 Å². The second-order valence-electron chi connectivity index (χ2n) is 11.6. The molecule has 0 N–H and O–H groups in total. The molecule has 2 aromatic rings. The molecular weight excluding hydrogens is 524 g/mol. The highest BCUT2D eigenvalue weighted by Gasteiger charge is 2.43. The minimum atomic E-state index is -1.08. The molecule has 3 atom stereocenters. The van der Waals surface area contributed by atoms with E-state index in [0.717, 1.165) is 12.8 Å². The van der Waals surface area contributed by atoms with E-state index in [4.69, 9.17) is 18.9 Å². The Balaban J connectivity index is 1.70. The van der Waals surface area contributed by atoms with Gasteiger partial charge in [0.1, 0.15) is 18.5 Å². The van der Waals surface area contributed by atoms with E-state index in [1.54, 1.807) is 69.3 Å². The summed E-state index contributed by atoms with van der Waals surface area (Å²) in [4.78, 5) is 52.2. The van der Waals surface area contributed by atoms with Gasteiger partial charge in [0.25, 0.3) is 0 Å². The number of ketones is 1. The Bertz CT molecular complexity index is 1180. The quantitative estimate of drug-likeness (QED) is 0.0807. The molecule has 1 heterocycles. The van der Waals surface area contributed by atoms with Crippen LogP contribution in [-0.4, -0.2) is 49.6 Å². The Morgan fingerprint density at radius 1 is 0.878 bits per heavy atom. The average Bonchev–Trinajstić information content (AvgIpc) is 3.80. The highest BCUT2D eigenvalue weighted by molar-refractivity contribution is 6.09. The fourth-order valence-corrected chi connectivity index (χ4v) is 4.47. The van der Waals surface area contributed by atoms with Gasteiger partial charge in [-0.2, -0.15) is 0 Å². The van der Waals surface area contributed by atoms with Crippen LogP contribution in [0.2, 0.25) is 0 Å². The molecule has 8 heteroatoms. The Hall–Kier alpha value is -3.52. The lowest BCUT2D eigenvalue weighted by Gasteiger charge is -2.33. The molecule has 0 saturated carbocycles. The van der Waals surface area contributed by atoms with Crippen molar-refractivity contribution in [1.82, 2.24) is 0 Å². The fraction of sp³-hybridized carbons (Fsp3) is 0.515. The third-order valence-corrected chi connectivity index (χ3v) is 7.52. The van der Waals surface area contributed by atoms with Crippen molar-refractivity contribution in [2.24, 2.45) is 16.7 Å². The molecule has 2 aromatic carbocycles. The molecule has 3 unspecified atom stereocenters. The summed E-state index contributed by atoms with van der Waals surface area (Å²) in [5, 5.41) is 0. The Morgan fingerprint density at radius 3 is 2.10 bits per heavy atom. The normalized spacial score (nSPS) is 16.7. The second kappa shape index (κ2) is 14.4. The van der Waals surface area contributed by atoms with Gasteiger partial charge in [0, 0.05) is 11.1 Å². The standard InChI is InChI=1S/C33H42O8/c1-6-8-18-38-29(35)25(20-33(5,7-2)31(37)40-22-27-21-39-27)19-32(3,4)30(36)41-26-16-14-24(15-17-26)28(34)23-12-10-9-11-13-23/h9-17,25,27H,6-8,18-22H2,1-5H3. The number of benzene rings is 2. The van der Waals surface area contributed by atoms with E-state index in [1.165, 1.54) is 0 Å². The smallest absolute Gasteiger partial charge is 0.316 e. The van der Waals surface area contributed by atoms with Gasteiger partial charge in [-0.05, 0) is 70.7 Å². The summed E-state index contributed by atoms with van der Waals surface area (Å²) in [5.41, 5.74) is -0.971. The Morgan fingerprint density at radius 2 is 1.51 bits per heavy atom. The lowest BCUT2D eigenvalue weighted by Crippen LogP contribution is -2.39. The molecule has 8 nitrogen and oxygen atoms in total. The molecule has 1 fully saturated rings. The van der Waals surface area contributed by atoms with Gasteiger partial charge in [0.2, 0.25) is 0 Å². The first-order chi connectivity index (χ1) is 19.5. The maximum Gasteiger partial charge on any atom is 0.316 e. The molecular formula is C33H42O8. The van der Waals surface area contributed by atoms with Crippen LogP contribution < -0.4 is 4.74 Å². The van der Waals surface area contributed by atoms with Crippen molar-refractivity contribution in [2.75, 3.05) is 19.8 Å². The molecule has 222 valence electrons. The summed E-state index contributed by atoms with van der Waals surface area (Å²) in [6.07, 6.45) is 2.28. The molecule has 1 saturated heterocycles. The van der Waals surface area contributed by atoms with Gasteiger partial charge in [0.05, 0.1) is 30.0 Å². The van der Waals surface area contributed by atoms with Crippen molar-refractivity contribution < 1.29 is 38.1 Å². The van der Waals surface area contributed by atoms with Crippen molar-refractivity contribution in [3.63, 3.8) is 0 Å². The zero-order valence-corrected chi connectivity index (χ0v) is 24.8. The lowest BCUT2D eigenvalue weighted by molar-refractivity contribution is -0.160. The van der Waals surface area contributed by atoms with Crippen LogP contribution >= 0.6 is 0 Å².